The van der Waals surface area contributed by atoms with Gasteiger partial charge in [-0.1, -0.05) is 45.0 Å². The molecule has 2 N–H and O–H groups in total. The number of aliphatic hydroxyl groups is 1. The number of carbonyl (C=O) groups excluding carboxylic acids is 4. The average Bonchev–Trinajstić information content (AvgIpc) is 3.55. The molecule has 42 heavy (non-hydrogen) atoms. The summed E-state index contributed by atoms with van der Waals surface area (Å²) in [5.41, 5.74) is -5.51. The molecule has 0 aromatic heterocycles. The molecule has 11 nitrogen and oxygen atoms in total. The van der Waals surface area contributed by atoms with Crippen molar-refractivity contribution in [1.29, 1.82) is 0 Å². The highest BCUT2D eigenvalue weighted by atomic mass is 16.6. The van der Waals surface area contributed by atoms with E-state index in [0.29, 0.717) is 5.56 Å². The van der Waals surface area contributed by atoms with Gasteiger partial charge in [-0.3, -0.25) is 14.4 Å². The minimum atomic E-state index is -1.85. The van der Waals surface area contributed by atoms with Gasteiger partial charge >= 0.3 is 17.9 Å². The Kier molecular flexibility index (Phi) is 6.13. The molecule has 3 saturated heterocycles. The summed E-state index contributed by atoms with van der Waals surface area (Å²) in [7, 11) is 1.42. The number of benzene rings is 2. The highest BCUT2D eigenvalue weighted by Crippen LogP contribution is 2.76. The number of phenols is 1. The number of likely N-dealkylation sites (tertiary alicyclic amines) is 1. The van der Waals surface area contributed by atoms with Gasteiger partial charge in [-0.15, -0.1) is 0 Å². The van der Waals surface area contributed by atoms with Gasteiger partial charge < -0.3 is 34.1 Å². The van der Waals surface area contributed by atoms with Crippen molar-refractivity contribution in [3.63, 3.8) is 0 Å². The third-order valence-corrected chi connectivity index (χ3v) is 9.69. The van der Waals surface area contributed by atoms with Gasteiger partial charge in [-0.25, -0.2) is 4.79 Å². The maximum Gasteiger partial charge on any atom is 0.338 e. The second-order valence-electron chi connectivity index (χ2n) is 12.5. The predicted octanol–water partition coefficient (Wildman–Crippen LogP) is 2.36. The lowest BCUT2D eigenvalue weighted by Gasteiger charge is -2.51. The SMILES string of the molecule is COc1cc(CCN2C(=O)[C@H](OC(=O)c3ccccc3)C34[C@@H]2OC(=O)C32CC(=O)O[C@H]2C[C@@]4(O)C(C)(C)C)ccc1O. The number of aromatic hydroxyl groups is 1. The summed E-state index contributed by atoms with van der Waals surface area (Å²) < 4.78 is 22.8. The number of amides is 1. The van der Waals surface area contributed by atoms with Crippen molar-refractivity contribution in [2.75, 3.05) is 13.7 Å². The maximum absolute atomic E-state index is 14.4. The Morgan fingerprint density at radius 3 is 2.48 bits per heavy atom. The fraction of sp³-hybridized carbons (Fsp3) is 0.484. The summed E-state index contributed by atoms with van der Waals surface area (Å²) in [5.74, 6) is -2.68. The monoisotopic (exact) mass is 579 g/mol. The highest BCUT2D eigenvalue weighted by molar-refractivity contribution is 5.99. The second kappa shape index (κ2) is 9.19. The number of rotatable bonds is 6. The van der Waals surface area contributed by atoms with Crippen LogP contribution in [0.3, 0.4) is 0 Å². The molecule has 1 saturated carbocycles. The van der Waals surface area contributed by atoms with Crippen molar-refractivity contribution in [3.05, 3.63) is 59.7 Å². The predicted molar refractivity (Wildman–Crippen MR) is 144 cm³/mol. The van der Waals surface area contributed by atoms with E-state index in [9.17, 15) is 29.4 Å². The number of ether oxygens (including phenoxy) is 4. The number of hydrogen-bond donors (Lipinski definition) is 2. The standard InChI is InChI=1S/C31H33NO10/c1-28(2,3)30(38)15-21-29(16-22(34)40-21)27(37)42-26-31(29,30)23(41-25(36)18-8-6-5-7-9-18)24(35)32(26)13-12-17-10-11-19(33)20(14-17)39-4/h5-11,14,21,23,26,33,38H,12-13,15-16H2,1-4H3/t21-,23-,26-,29?,30+,31?/m0/s1. The molecular formula is C31H33NO10. The first kappa shape index (κ1) is 28.0. The van der Waals surface area contributed by atoms with Crippen LogP contribution in [0.25, 0.3) is 0 Å². The molecule has 6 rings (SSSR count). The van der Waals surface area contributed by atoms with Crippen molar-refractivity contribution in [2.24, 2.45) is 16.2 Å². The lowest BCUT2D eigenvalue weighted by molar-refractivity contribution is -0.211. The van der Waals surface area contributed by atoms with Gasteiger partial charge in [0.15, 0.2) is 23.8 Å². The Hall–Kier alpha value is -4.12. The van der Waals surface area contributed by atoms with E-state index in [1.54, 1.807) is 51.1 Å². The Morgan fingerprint density at radius 2 is 1.81 bits per heavy atom. The molecule has 1 amide bonds. The molecule has 222 valence electrons. The Labute approximate surface area is 242 Å². The number of hydrogen-bond acceptors (Lipinski definition) is 10. The van der Waals surface area contributed by atoms with E-state index in [0.717, 1.165) is 0 Å². The molecule has 2 unspecified atom stereocenters. The molecule has 3 aliphatic heterocycles. The Balaban J connectivity index is 1.49. The molecule has 0 radical (unpaired) electrons. The van der Waals surface area contributed by atoms with Crippen molar-refractivity contribution in [3.8, 4) is 11.5 Å². The molecule has 6 atom stereocenters. The van der Waals surface area contributed by atoms with Gasteiger partial charge in [-0.05, 0) is 41.7 Å². The topological polar surface area (TPSA) is 149 Å². The van der Waals surface area contributed by atoms with E-state index >= 15 is 0 Å². The molecule has 2 aromatic carbocycles. The van der Waals surface area contributed by atoms with Crippen LogP contribution >= 0.6 is 0 Å². The molecule has 1 aliphatic carbocycles. The van der Waals surface area contributed by atoms with Gasteiger partial charge in [0.2, 0.25) is 0 Å². The summed E-state index contributed by atoms with van der Waals surface area (Å²) in [6, 6.07) is 12.9. The van der Waals surface area contributed by atoms with Crippen molar-refractivity contribution >= 4 is 23.8 Å². The third-order valence-electron chi connectivity index (χ3n) is 9.69. The van der Waals surface area contributed by atoms with E-state index in [-0.39, 0.29) is 36.4 Å². The number of carbonyl (C=O) groups is 4. The summed E-state index contributed by atoms with van der Waals surface area (Å²) in [4.78, 5) is 55.8. The quantitative estimate of drug-likeness (QED) is 0.386. The number of nitrogens with zero attached hydrogens (tertiary/aromatic N) is 1. The van der Waals surface area contributed by atoms with Crippen molar-refractivity contribution in [1.82, 2.24) is 4.90 Å². The number of esters is 3. The van der Waals surface area contributed by atoms with E-state index < -0.39 is 70.5 Å². The zero-order valence-electron chi connectivity index (χ0n) is 23.8. The first-order valence-electron chi connectivity index (χ1n) is 13.9. The molecule has 4 aliphatic rings. The van der Waals surface area contributed by atoms with Crippen LogP contribution in [-0.2, 0) is 35.0 Å². The Bertz CT molecular complexity index is 1480. The first-order valence-corrected chi connectivity index (χ1v) is 13.9. The summed E-state index contributed by atoms with van der Waals surface area (Å²) >= 11 is 0. The van der Waals surface area contributed by atoms with Crippen LogP contribution in [0.1, 0.15) is 49.5 Å². The van der Waals surface area contributed by atoms with Gasteiger partial charge in [0.1, 0.15) is 16.9 Å². The van der Waals surface area contributed by atoms with Crippen LogP contribution in [-0.4, -0.2) is 76.6 Å². The maximum atomic E-state index is 14.4. The van der Waals surface area contributed by atoms with Crippen LogP contribution in [0.2, 0.25) is 0 Å². The van der Waals surface area contributed by atoms with E-state index in [4.69, 9.17) is 18.9 Å². The number of methoxy groups -OCH3 is 1. The minimum absolute atomic E-state index is 0.0155. The highest BCUT2D eigenvalue weighted by Gasteiger charge is 2.93. The van der Waals surface area contributed by atoms with Crippen LogP contribution in [0.4, 0.5) is 0 Å². The minimum Gasteiger partial charge on any atom is -0.504 e. The molecule has 3 heterocycles. The number of phenolic OH excluding ortho intramolecular Hbond substituents is 1. The van der Waals surface area contributed by atoms with Gasteiger partial charge in [0, 0.05) is 13.0 Å². The van der Waals surface area contributed by atoms with Crippen LogP contribution < -0.4 is 4.74 Å². The Morgan fingerprint density at radius 1 is 1.10 bits per heavy atom. The van der Waals surface area contributed by atoms with Crippen LogP contribution in [0.5, 0.6) is 11.5 Å². The molecule has 4 fully saturated rings. The zero-order chi connectivity index (χ0) is 30.2. The van der Waals surface area contributed by atoms with Gasteiger partial charge in [0.25, 0.3) is 5.91 Å². The smallest absolute Gasteiger partial charge is 0.338 e. The van der Waals surface area contributed by atoms with Gasteiger partial charge in [-0.2, -0.15) is 0 Å². The normalized spacial score (nSPS) is 33.1. The fourth-order valence-electron chi connectivity index (χ4n) is 7.70. The summed E-state index contributed by atoms with van der Waals surface area (Å²) in [5, 5.41) is 22.7. The van der Waals surface area contributed by atoms with E-state index in [2.05, 4.69) is 0 Å². The lowest BCUT2D eigenvalue weighted by Crippen LogP contribution is -2.66. The van der Waals surface area contributed by atoms with Crippen LogP contribution in [0, 0.1) is 16.2 Å². The van der Waals surface area contributed by atoms with E-state index in [1.807, 2.05) is 0 Å². The zero-order valence-corrected chi connectivity index (χ0v) is 23.8. The molecule has 0 bridgehead atoms. The average molecular weight is 580 g/mol. The molecule has 11 heteroatoms. The second-order valence-corrected chi connectivity index (χ2v) is 12.5. The lowest BCUT2D eigenvalue weighted by atomic mass is 9.52. The van der Waals surface area contributed by atoms with Gasteiger partial charge in [0.05, 0.1) is 24.7 Å². The van der Waals surface area contributed by atoms with E-state index in [1.165, 1.54) is 30.2 Å². The molecular weight excluding hydrogens is 546 g/mol. The van der Waals surface area contributed by atoms with Crippen molar-refractivity contribution < 1.29 is 48.3 Å². The van der Waals surface area contributed by atoms with Crippen LogP contribution in [0.15, 0.2) is 48.5 Å². The summed E-state index contributed by atoms with van der Waals surface area (Å²) in [6.45, 7) is 5.32. The molecule has 2 aromatic rings. The third kappa shape index (κ3) is 3.43. The largest absolute Gasteiger partial charge is 0.504 e. The molecule has 2 spiro atoms. The van der Waals surface area contributed by atoms with Crippen molar-refractivity contribution in [2.45, 2.75) is 64.1 Å². The first-order chi connectivity index (χ1) is 19.8. The fourth-order valence-corrected chi connectivity index (χ4v) is 7.70. The summed E-state index contributed by atoms with van der Waals surface area (Å²) in [6.07, 6.45) is -4.36.